The second-order valence-corrected chi connectivity index (χ2v) is 8.71. The van der Waals surface area contributed by atoms with Crippen molar-refractivity contribution < 1.29 is 4.92 Å². The molecule has 0 radical (unpaired) electrons. The van der Waals surface area contributed by atoms with Crippen LogP contribution in [-0.4, -0.2) is 73.1 Å². The Labute approximate surface area is 159 Å². The molecule has 1 aromatic heterocycles. The predicted molar refractivity (Wildman–Crippen MR) is 106 cm³/mol. The van der Waals surface area contributed by atoms with Crippen LogP contribution in [0, 0.1) is 22.0 Å². The second kappa shape index (κ2) is 8.96. The molecule has 8 nitrogen and oxygen atoms in total. The zero-order chi connectivity index (χ0) is 18.5. The second-order valence-electron chi connectivity index (χ2n) is 7.73. The largest absolute Gasteiger partial charge is 0.369 e. The third-order valence-electron chi connectivity index (χ3n) is 5.32. The lowest BCUT2D eigenvalue weighted by Crippen LogP contribution is -2.35. The first kappa shape index (κ1) is 19.3. The summed E-state index contributed by atoms with van der Waals surface area (Å²) in [5.74, 6) is 1.51. The fraction of sp³-hybridized carbons (Fsp3) is 0.824. The van der Waals surface area contributed by atoms with E-state index in [1.54, 1.807) is 0 Å². The van der Waals surface area contributed by atoms with Gasteiger partial charge in [0.1, 0.15) is 0 Å². The Bertz CT molecular complexity index is 610. The van der Waals surface area contributed by atoms with Crippen LogP contribution in [-0.2, 0) is 0 Å². The normalized spacial score (nSPS) is 25.2. The third kappa shape index (κ3) is 5.28. The van der Waals surface area contributed by atoms with Crippen molar-refractivity contribution in [2.75, 3.05) is 64.0 Å². The van der Waals surface area contributed by atoms with Gasteiger partial charge >= 0.3 is 5.00 Å². The SMILES string of the molecule is CN1CCCC(CNc2nc(NCC3CCCN(C)C3)c([N+](=O)[O-])s2)C1. The highest BCUT2D eigenvalue weighted by molar-refractivity contribution is 7.19. The van der Waals surface area contributed by atoms with E-state index in [1.165, 1.54) is 19.3 Å². The maximum Gasteiger partial charge on any atom is 0.369 e. The van der Waals surface area contributed by atoms with E-state index in [0.29, 0.717) is 22.8 Å². The topological polar surface area (TPSA) is 86.6 Å². The van der Waals surface area contributed by atoms with Crippen molar-refractivity contribution in [3.05, 3.63) is 10.1 Å². The Morgan fingerprint density at radius 3 is 2.23 bits per heavy atom. The van der Waals surface area contributed by atoms with E-state index < -0.39 is 0 Å². The lowest BCUT2D eigenvalue weighted by Gasteiger charge is -2.29. The van der Waals surface area contributed by atoms with E-state index >= 15 is 0 Å². The van der Waals surface area contributed by atoms with Crippen LogP contribution in [0.5, 0.6) is 0 Å². The number of nitrogens with zero attached hydrogens (tertiary/aromatic N) is 4. The minimum Gasteiger partial charge on any atom is -0.363 e. The molecule has 2 N–H and O–H groups in total. The van der Waals surface area contributed by atoms with E-state index in [2.05, 4.69) is 39.5 Å². The average Bonchev–Trinajstić information content (AvgIpc) is 3.02. The number of aromatic nitrogens is 1. The number of nitrogens with one attached hydrogen (secondary N) is 2. The summed E-state index contributed by atoms with van der Waals surface area (Å²) in [5.41, 5.74) is 0. The Kier molecular flexibility index (Phi) is 6.66. The van der Waals surface area contributed by atoms with Crippen LogP contribution in [0.3, 0.4) is 0 Å². The van der Waals surface area contributed by atoms with Crippen molar-refractivity contribution in [1.82, 2.24) is 14.8 Å². The number of piperidine rings is 2. The highest BCUT2D eigenvalue weighted by atomic mass is 32.1. The van der Waals surface area contributed by atoms with Gasteiger partial charge in [-0.05, 0) is 76.0 Å². The van der Waals surface area contributed by atoms with Crippen LogP contribution >= 0.6 is 11.3 Å². The number of hydrogen-bond donors (Lipinski definition) is 2. The van der Waals surface area contributed by atoms with Gasteiger partial charge in [-0.2, -0.15) is 4.98 Å². The highest BCUT2D eigenvalue weighted by Crippen LogP contribution is 2.35. The fourth-order valence-corrected chi connectivity index (χ4v) is 4.74. The van der Waals surface area contributed by atoms with Crippen molar-refractivity contribution in [2.24, 2.45) is 11.8 Å². The maximum atomic E-state index is 11.4. The van der Waals surface area contributed by atoms with Crippen LogP contribution < -0.4 is 10.6 Å². The van der Waals surface area contributed by atoms with Gasteiger partial charge in [0.15, 0.2) is 5.13 Å². The summed E-state index contributed by atoms with van der Waals surface area (Å²) in [7, 11) is 4.27. The smallest absolute Gasteiger partial charge is 0.363 e. The van der Waals surface area contributed by atoms with Gasteiger partial charge in [0.05, 0.1) is 4.92 Å². The number of nitro groups is 1. The van der Waals surface area contributed by atoms with Crippen LogP contribution in [0.2, 0.25) is 0 Å². The Morgan fingerprint density at radius 1 is 1.12 bits per heavy atom. The summed E-state index contributed by atoms with van der Waals surface area (Å²) >= 11 is 1.14. The molecular weight excluding hydrogens is 352 g/mol. The number of hydrogen-bond acceptors (Lipinski definition) is 8. The molecule has 1 aromatic rings. The van der Waals surface area contributed by atoms with Crippen molar-refractivity contribution in [2.45, 2.75) is 25.7 Å². The molecule has 0 aliphatic carbocycles. The number of anilines is 2. The fourth-order valence-electron chi connectivity index (χ4n) is 3.98. The summed E-state index contributed by atoms with van der Waals surface area (Å²) in [4.78, 5) is 20.2. The molecule has 3 rings (SSSR count). The standard InChI is InChI=1S/C17H30N6O2S/c1-21-7-3-5-13(11-21)9-18-15-16(23(24)25)26-17(20-15)19-10-14-6-4-8-22(2)12-14/h13-14,18H,3-12H2,1-2H3,(H,19,20). The molecule has 9 heteroatoms. The first-order valence-corrected chi connectivity index (χ1v) is 10.3. The zero-order valence-corrected chi connectivity index (χ0v) is 16.6. The van der Waals surface area contributed by atoms with Gasteiger partial charge in [0.2, 0.25) is 5.82 Å². The van der Waals surface area contributed by atoms with Gasteiger partial charge < -0.3 is 20.4 Å². The lowest BCUT2D eigenvalue weighted by molar-refractivity contribution is -0.379. The monoisotopic (exact) mass is 382 g/mol. The van der Waals surface area contributed by atoms with Crippen molar-refractivity contribution in [3.8, 4) is 0 Å². The van der Waals surface area contributed by atoms with Gasteiger partial charge in [-0.3, -0.25) is 10.1 Å². The molecule has 3 heterocycles. The number of thiazole rings is 1. The Balaban J connectivity index is 1.56. The van der Waals surface area contributed by atoms with Gasteiger partial charge in [-0.15, -0.1) is 0 Å². The lowest BCUT2D eigenvalue weighted by atomic mass is 9.98. The quantitative estimate of drug-likeness (QED) is 0.553. The number of likely N-dealkylation sites (tertiary alicyclic amines) is 2. The Morgan fingerprint density at radius 2 is 1.69 bits per heavy atom. The van der Waals surface area contributed by atoms with E-state index in [4.69, 9.17) is 0 Å². The molecule has 2 unspecified atom stereocenters. The van der Waals surface area contributed by atoms with Gasteiger partial charge in [0.25, 0.3) is 0 Å². The molecular formula is C17H30N6O2S. The van der Waals surface area contributed by atoms with Crippen LogP contribution in [0.25, 0.3) is 0 Å². The van der Waals surface area contributed by atoms with Crippen molar-refractivity contribution in [1.29, 1.82) is 0 Å². The summed E-state index contributed by atoms with van der Waals surface area (Å²) < 4.78 is 0. The molecule has 2 fully saturated rings. The molecule has 2 atom stereocenters. The molecule has 0 amide bonds. The summed E-state index contributed by atoms with van der Waals surface area (Å²) in [6, 6.07) is 0. The highest BCUT2D eigenvalue weighted by Gasteiger charge is 2.24. The van der Waals surface area contributed by atoms with Crippen LogP contribution in [0.15, 0.2) is 0 Å². The molecule has 0 saturated carbocycles. The van der Waals surface area contributed by atoms with Crippen molar-refractivity contribution in [3.63, 3.8) is 0 Å². The van der Waals surface area contributed by atoms with E-state index in [-0.39, 0.29) is 9.92 Å². The average molecular weight is 383 g/mol. The predicted octanol–water partition coefficient (Wildman–Crippen LogP) is 2.56. The first-order valence-electron chi connectivity index (χ1n) is 9.51. The molecule has 146 valence electrons. The first-order chi connectivity index (χ1) is 12.5. The van der Waals surface area contributed by atoms with E-state index in [1.807, 2.05) is 0 Å². The molecule has 2 aliphatic heterocycles. The summed E-state index contributed by atoms with van der Waals surface area (Å²) in [5, 5.41) is 18.7. The zero-order valence-electron chi connectivity index (χ0n) is 15.7. The summed E-state index contributed by atoms with van der Waals surface area (Å²) in [6.45, 7) is 5.96. The van der Waals surface area contributed by atoms with Gasteiger partial charge in [0, 0.05) is 26.2 Å². The minimum absolute atomic E-state index is 0.109. The summed E-state index contributed by atoms with van der Waals surface area (Å²) in [6.07, 6.45) is 4.76. The van der Waals surface area contributed by atoms with E-state index in [0.717, 1.165) is 57.0 Å². The molecule has 0 spiro atoms. The molecule has 26 heavy (non-hydrogen) atoms. The Hall–Kier alpha value is -1.45. The van der Waals surface area contributed by atoms with Gasteiger partial charge in [-0.1, -0.05) is 0 Å². The van der Waals surface area contributed by atoms with Crippen LogP contribution in [0.4, 0.5) is 16.0 Å². The van der Waals surface area contributed by atoms with Crippen LogP contribution in [0.1, 0.15) is 25.7 Å². The van der Waals surface area contributed by atoms with Crippen molar-refractivity contribution >= 4 is 27.3 Å². The maximum absolute atomic E-state index is 11.4. The van der Waals surface area contributed by atoms with Gasteiger partial charge in [-0.25, -0.2) is 0 Å². The number of rotatable bonds is 7. The van der Waals surface area contributed by atoms with E-state index in [9.17, 15) is 10.1 Å². The molecule has 2 saturated heterocycles. The molecule has 0 aromatic carbocycles. The minimum atomic E-state index is -0.327. The molecule has 2 aliphatic rings. The third-order valence-corrected chi connectivity index (χ3v) is 6.28. The molecule has 0 bridgehead atoms.